The normalized spacial score (nSPS) is 10.2. The smallest absolute Gasteiger partial charge is 0.338 e. The van der Waals surface area contributed by atoms with Crippen LogP contribution in [0.25, 0.3) is 0 Å². The van der Waals surface area contributed by atoms with E-state index in [4.69, 9.17) is 16.7 Å². The second-order valence-electron chi connectivity index (χ2n) is 3.98. The van der Waals surface area contributed by atoms with E-state index in [1.54, 1.807) is 12.1 Å². The van der Waals surface area contributed by atoms with Gasteiger partial charge in [0.15, 0.2) is 0 Å². The third-order valence-corrected chi connectivity index (χ3v) is 2.82. The summed E-state index contributed by atoms with van der Waals surface area (Å²) in [5.74, 6) is -2.04. The second-order valence-corrected chi connectivity index (χ2v) is 4.42. The van der Waals surface area contributed by atoms with Gasteiger partial charge in [-0.15, -0.1) is 0 Å². The molecule has 0 aliphatic carbocycles. The van der Waals surface area contributed by atoms with Gasteiger partial charge in [-0.05, 0) is 35.9 Å². The van der Waals surface area contributed by atoms with E-state index in [1.165, 1.54) is 12.1 Å². The van der Waals surface area contributed by atoms with Crippen molar-refractivity contribution in [2.24, 2.45) is 0 Å². The number of halogens is 2. The SMILES string of the molecule is O=C(O)c1ccc(NCc2cccc(Cl)c2)cc1F. The zero-order valence-electron chi connectivity index (χ0n) is 9.86. The molecule has 0 saturated heterocycles. The summed E-state index contributed by atoms with van der Waals surface area (Å²) in [7, 11) is 0. The highest BCUT2D eigenvalue weighted by Crippen LogP contribution is 2.16. The van der Waals surface area contributed by atoms with Crippen LogP contribution in [-0.4, -0.2) is 11.1 Å². The molecule has 0 heterocycles. The van der Waals surface area contributed by atoms with E-state index < -0.39 is 11.8 Å². The Morgan fingerprint density at radius 1 is 1.26 bits per heavy atom. The number of carbonyl (C=O) groups is 1. The van der Waals surface area contributed by atoms with Crippen LogP contribution in [0.2, 0.25) is 5.02 Å². The summed E-state index contributed by atoms with van der Waals surface area (Å²) in [6.07, 6.45) is 0. The molecule has 0 atom stereocenters. The molecule has 0 bridgehead atoms. The van der Waals surface area contributed by atoms with Crippen LogP contribution in [0.1, 0.15) is 15.9 Å². The molecule has 0 aliphatic rings. The molecule has 2 aromatic rings. The zero-order chi connectivity index (χ0) is 13.8. The molecule has 0 amide bonds. The van der Waals surface area contributed by atoms with Gasteiger partial charge >= 0.3 is 5.97 Å². The predicted molar refractivity (Wildman–Crippen MR) is 72.1 cm³/mol. The fourth-order valence-electron chi connectivity index (χ4n) is 1.65. The molecule has 0 saturated carbocycles. The summed E-state index contributed by atoms with van der Waals surface area (Å²) in [6, 6.07) is 11.2. The number of aromatic carboxylic acids is 1. The van der Waals surface area contributed by atoms with Crippen molar-refractivity contribution in [2.75, 3.05) is 5.32 Å². The molecule has 2 rings (SSSR count). The quantitative estimate of drug-likeness (QED) is 0.895. The van der Waals surface area contributed by atoms with Gasteiger partial charge < -0.3 is 10.4 Å². The zero-order valence-corrected chi connectivity index (χ0v) is 10.6. The number of carboxylic acid groups (broad SMARTS) is 1. The lowest BCUT2D eigenvalue weighted by Gasteiger charge is -2.08. The molecule has 2 N–H and O–H groups in total. The molecule has 3 nitrogen and oxygen atoms in total. The molecule has 0 fully saturated rings. The monoisotopic (exact) mass is 279 g/mol. The summed E-state index contributed by atoms with van der Waals surface area (Å²) < 4.78 is 13.4. The number of carboxylic acids is 1. The van der Waals surface area contributed by atoms with Crippen LogP contribution in [0.4, 0.5) is 10.1 Å². The Hall–Kier alpha value is -2.07. The van der Waals surface area contributed by atoms with Gasteiger partial charge in [-0.3, -0.25) is 0 Å². The summed E-state index contributed by atoms with van der Waals surface area (Å²) in [6.45, 7) is 0.479. The fourth-order valence-corrected chi connectivity index (χ4v) is 1.86. The molecule has 2 aromatic carbocycles. The summed E-state index contributed by atoms with van der Waals surface area (Å²) >= 11 is 5.85. The Morgan fingerprint density at radius 2 is 2.05 bits per heavy atom. The van der Waals surface area contributed by atoms with Crippen molar-refractivity contribution in [3.05, 3.63) is 64.4 Å². The number of anilines is 1. The van der Waals surface area contributed by atoms with Crippen LogP contribution in [-0.2, 0) is 6.54 Å². The average molecular weight is 280 g/mol. The average Bonchev–Trinajstić information content (AvgIpc) is 2.36. The maximum atomic E-state index is 13.4. The van der Waals surface area contributed by atoms with Gasteiger partial charge in [0.2, 0.25) is 0 Å². The summed E-state index contributed by atoms with van der Waals surface area (Å²) in [5, 5.41) is 12.4. The van der Waals surface area contributed by atoms with Gasteiger partial charge in [0.1, 0.15) is 5.82 Å². The molecular formula is C14H11ClFNO2. The Balaban J connectivity index is 2.08. The number of benzene rings is 2. The number of nitrogens with one attached hydrogen (secondary N) is 1. The molecule has 0 aromatic heterocycles. The van der Waals surface area contributed by atoms with Gasteiger partial charge in [-0.1, -0.05) is 23.7 Å². The van der Waals surface area contributed by atoms with E-state index in [9.17, 15) is 9.18 Å². The Labute approximate surface area is 114 Å². The lowest BCUT2D eigenvalue weighted by atomic mass is 10.2. The predicted octanol–water partition coefficient (Wildman–Crippen LogP) is 3.79. The van der Waals surface area contributed by atoms with Gasteiger partial charge in [0, 0.05) is 17.3 Å². The van der Waals surface area contributed by atoms with E-state index >= 15 is 0 Å². The van der Waals surface area contributed by atoms with Crippen molar-refractivity contribution in [1.82, 2.24) is 0 Å². The van der Waals surface area contributed by atoms with Gasteiger partial charge in [0.25, 0.3) is 0 Å². The summed E-state index contributed by atoms with van der Waals surface area (Å²) in [5.41, 5.74) is 1.13. The minimum Gasteiger partial charge on any atom is -0.478 e. The van der Waals surface area contributed by atoms with Crippen molar-refractivity contribution in [2.45, 2.75) is 6.54 Å². The maximum Gasteiger partial charge on any atom is 0.338 e. The lowest BCUT2D eigenvalue weighted by Crippen LogP contribution is -2.03. The van der Waals surface area contributed by atoms with Crippen LogP contribution in [0.15, 0.2) is 42.5 Å². The first-order valence-electron chi connectivity index (χ1n) is 5.57. The van der Waals surface area contributed by atoms with E-state index in [-0.39, 0.29) is 5.56 Å². The Bertz CT molecular complexity index is 616. The third-order valence-electron chi connectivity index (χ3n) is 2.59. The highest BCUT2D eigenvalue weighted by molar-refractivity contribution is 6.30. The fraction of sp³-hybridized carbons (Fsp3) is 0.0714. The Kier molecular flexibility index (Phi) is 4.02. The maximum absolute atomic E-state index is 13.4. The highest BCUT2D eigenvalue weighted by atomic mass is 35.5. The third kappa shape index (κ3) is 3.45. The van der Waals surface area contributed by atoms with Crippen LogP contribution < -0.4 is 5.32 Å². The largest absolute Gasteiger partial charge is 0.478 e. The number of hydrogen-bond acceptors (Lipinski definition) is 2. The van der Waals surface area contributed by atoms with Gasteiger partial charge in [-0.25, -0.2) is 9.18 Å². The Morgan fingerprint density at radius 3 is 2.68 bits per heavy atom. The van der Waals surface area contributed by atoms with Crippen molar-refractivity contribution in [1.29, 1.82) is 0 Å². The standard InChI is InChI=1S/C14H11ClFNO2/c15-10-3-1-2-9(6-10)8-17-11-4-5-12(14(18)19)13(16)7-11/h1-7,17H,8H2,(H,18,19). The van der Waals surface area contributed by atoms with E-state index in [0.717, 1.165) is 11.6 Å². The van der Waals surface area contributed by atoms with Crippen molar-refractivity contribution in [3.63, 3.8) is 0 Å². The first-order valence-corrected chi connectivity index (χ1v) is 5.95. The van der Waals surface area contributed by atoms with Crippen LogP contribution in [0.5, 0.6) is 0 Å². The molecule has 0 radical (unpaired) electrons. The van der Waals surface area contributed by atoms with Crippen molar-refractivity contribution in [3.8, 4) is 0 Å². The number of hydrogen-bond donors (Lipinski definition) is 2. The van der Waals surface area contributed by atoms with E-state index in [1.807, 2.05) is 12.1 Å². The summed E-state index contributed by atoms with van der Waals surface area (Å²) in [4.78, 5) is 10.7. The van der Waals surface area contributed by atoms with E-state index in [0.29, 0.717) is 17.3 Å². The number of rotatable bonds is 4. The molecule has 0 spiro atoms. The topological polar surface area (TPSA) is 49.3 Å². The first-order chi connectivity index (χ1) is 9.06. The molecule has 0 unspecified atom stereocenters. The van der Waals surface area contributed by atoms with Crippen LogP contribution in [0.3, 0.4) is 0 Å². The van der Waals surface area contributed by atoms with E-state index in [2.05, 4.69) is 5.32 Å². The second kappa shape index (κ2) is 5.71. The van der Waals surface area contributed by atoms with Gasteiger partial charge in [0.05, 0.1) is 5.56 Å². The minimum atomic E-state index is -1.28. The minimum absolute atomic E-state index is 0.340. The van der Waals surface area contributed by atoms with Crippen molar-refractivity contribution < 1.29 is 14.3 Å². The van der Waals surface area contributed by atoms with Crippen LogP contribution >= 0.6 is 11.6 Å². The van der Waals surface area contributed by atoms with Crippen LogP contribution in [0, 0.1) is 5.82 Å². The highest BCUT2D eigenvalue weighted by Gasteiger charge is 2.10. The van der Waals surface area contributed by atoms with Crippen molar-refractivity contribution >= 4 is 23.3 Å². The lowest BCUT2D eigenvalue weighted by molar-refractivity contribution is 0.0692. The molecular weight excluding hydrogens is 269 g/mol. The molecule has 0 aliphatic heterocycles. The first kappa shape index (κ1) is 13.4. The molecule has 19 heavy (non-hydrogen) atoms. The van der Waals surface area contributed by atoms with Gasteiger partial charge in [-0.2, -0.15) is 0 Å². The molecule has 5 heteroatoms. The molecule has 98 valence electrons.